The van der Waals surface area contributed by atoms with Crippen LogP contribution in [-0.2, 0) is 12.1 Å². The molecule has 2 saturated heterocycles. The Kier molecular flexibility index (Phi) is 4.15. The molecular formula is C21H24FNO. The zero-order valence-corrected chi connectivity index (χ0v) is 13.9. The predicted molar refractivity (Wildman–Crippen MR) is 92.9 cm³/mol. The van der Waals surface area contributed by atoms with Gasteiger partial charge in [0.05, 0.1) is 5.60 Å². The highest BCUT2D eigenvalue weighted by atomic mass is 19.1. The molecule has 2 fully saturated rings. The van der Waals surface area contributed by atoms with Gasteiger partial charge in [0.25, 0.3) is 0 Å². The summed E-state index contributed by atoms with van der Waals surface area (Å²) in [5.41, 5.74) is 1.37. The Hall–Kier alpha value is -1.71. The monoisotopic (exact) mass is 325 g/mol. The van der Waals surface area contributed by atoms with Crippen LogP contribution in [-0.4, -0.2) is 22.1 Å². The van der Waals surface area contributed by atoms with E-state index in [-0.39, 0.29) is 5.82 Å². The molecule has 0 spiro atoms. The molecule has 0 aromatic heterocycles. The molecule has 2 bridgehead atoms. The van der Waals surface area contributed by atoms with Crippen LogP contribution < -0.4 is 0 Å². The molecule has 4 rings (SSSR count). The molecule has 2 atom stereocenters. The first-order chi connectivity index (χ1) is 11.6. The molecule has 24 heavy (non-hydrogen) atoms. The van der Waals surface area contributed by atoms with Crippen LogP contribution in [0.15, 0.2) is 54.6 Å². The minimum absolute atomic E-state index is 0.246. The summed E-state index contributed by atoms with van der Waals surface area (Å²) >= 11 is 0. The van der Waals surface area contributed by atoms with Crippen LogP contribution in [0, 0.1) is 5.82 Å². The van der Waals surface area contributed by atoms with E-state index < -0.39 is 5.60 Å². The van der Waals surface area contributed by atoms with E-state index in [1.165, 1.54) is 24.1 Å². The predicted octanol–water partition coefficient (Wildman–Crippen LogP) is 4.23. The topological polar surface area (TPSA) is 23.5 Å². The van der Waals surface area contributed by atoms with E-state index in [1.54, 1.807) is 12.1 Å². The zero-order chi connectivity index (χ0) is 16.6. The van der Waals surface area contributed by atoms with Gasteiger partial charge >= 0.3 is 0 Å². The molecule has 1 N–H and O–H groups in total. The van der Waals surface area contributed by atoms with Gasteiger partial charge in [-0.3, -0.25) is 4.90 Å². The third-order valence-electron chi connectivity index (χ3n) is 5.75. The highest BCUT2D eigenvalue weighted by Crippen LogP contribution is 2.44. The highest BCUT2D eigenvalue weighted by Gasteiger charge is 2.46. The Morgan fingerprint density at radius 3 is 2.21 bits per heavy atom. The lowest BCUT2D eigenvalue weighted by Crippen LogP contribution is -2.56. The summed E-state index contributed by atoms with van der Waals surface area (Å²) in [4.78, 5) is 2.58. The van der Waals surface area contributed by atoms with Gasteiger partial charge < -0.3 is 5.11 Å². The highest BCUT2D eigenvalue weighted by molar-refractivity contribution is 5.25. The largest absolute Gasteiger partial charge is 0.385 e. The molecule has 0 radical (unpaired) electrons. The van der Waals surface area contributed by atoms with E-state index in [2.05, 4.69) is 29.2 Å². The Labute approximate surface area is 142 Å². The number of rotatable bonds is 3. The molecule has 2 aliphatic rings. The SMILES string of the molecule is OC1(c2ccc(F)cc2)CC2CCCC(C1)N2Cc1ccccc1. The summed E-state index contributed by atoms with van der Waals surface area (Å²) in [6, 6.07) is 17.8. The molecule has 0 aliphatic carbocycles. The standard InChI is InChI=1S/C21H24FNO/c22-18-11-9-17(10-12-18)21(24)13-19-7-4-8-20(14-21)23(19)15-16-5-2-1-3-6-16/h1-3,5-6,9-12,19-20,24H,4,7-8,13-15H2. The molecule has 3 heteroatoms. The lowest BCUT2D eigenvalue weighted by atomic mass is 9.72. The molecule has 2 aromatic rings. The van der Waals surface area contributed by atoms with Gasteiger partial charge in [-0.25, -0.2) is 4.39 Å². The Balaban J connectivity index is 1.57. The molecule has 2 heterocycles. The fourth-order valence-corrected chi connectivity index (χ4v) is 4.57. The molecule has 2 nitrogen and oxygen atoms in total. The number of fused-ring (bicyclic) bond motifs is 2. The van der Waals surface area contributed by atoms with Crippen LogP contribution in [0.2, 0.25) is 0 Å². The summed E-state index contributed by atoms with van der Waals surface area (Å²) in [6.45, 7) is 0.954. The summed E-state index contributed by atoms with van der Waals surface area (Å²) in [5.74, 6) is -0.246. The molecule has 2 unspecified atom stereocenters. The van der Waals surface area contributed by atoms with E-state index in [9.17, 15) is 9.50 Å². The number of aliphatic hydroxyl groups is 1. The maximum Gasteiger partial charge on any atom is 0.123 e. The number of halogens is 1. The van der Waals surface area contributed by atoms with Crippen molar-refractivity contribution in [3.63, 3.8) is 0 Å². The van der Waals surface area contributed by atoms with Crippen molar-refractivity contribution in [2.24, 2.45) is 0 Å². The molecule has 0 saturated carbocycles. The van der Waals surface area contributed by atoms with Gasteiger partial charge in [-0.1, -0.05) is 48.9 Å². The van der Waals surface area contributed by atoms with Crippen LogP contribution in [0.1, 0.15) is 43.2 Å². The second kappa shape index (κ2) is 6.30. The van der Waals surface area contributed by atoms with Crippen molar-refractivity contribution in [3.05, 3.63) is 71.5 Å². The molecule has 2 aliphatic heterocycles. The first-order valence-electron chi connectivity index (χ1n) is 8.92. The molecule has 126 valence electrons. The van der Waals surface area contributed by atoms with E-state index in [4.69, 9.17) is 0 Å². The van der Waals surface area contributed by atoms with Gasteiger partial charge in [0, 0.05) is 18.6 Å². The van der Waals surface area contributed by atoms with Gasteiger partial charge in [0.15, 0.2) is 0 Å². The van der Waals surface area contributed by atoms with Gasteiger partial charge in [0.2, 0.25) is 0 Å². The number of hydrogen-bond acceptors (Lipinski definition) is 2. The van der Waals surface area contributed by atoms with Crippen LogP contribution in [0.3, 0.4) is 0 Å². The average Bonchev–Trinajstić information content (AvgIpc) is 2.57. The van der Waals surface area contributed by atoms with Crippen molar-refractivity contribution in [1.82, 2.24) is 4.90 Å². The van der Waals surface area contributed by atoms with E-state index in [0.29, 0.717) is 12.1 Å². The van der Waals surface area contributed by atoms with Crippen LogP contribution in [0.25, 0.3) is 0 Å². The fourth-order valence-electron chi connectivity index (χ4n) is 4.57. The Morgan fingerprint density at radius 2 is 1.58 bits per heavy atom. The smallest absolute Gasteiger partial charge is 0.123 e. The number of piperidine rings is 2. The summed E-state index contributed by atoms with van der Waals surface area (Å²) in [6.07, 6.45) is 4.98. The number of nitrogens with zero attached hydrogens (tertiary/aromatic N) is 1. The third kappa shape index (κ3) is 2.99. The summed E-state index contributed by atoms with van der Waals surface area (Å²) < 4.78 is 13.2. The van der Waals surface area contributed by atoms with Crippen molar-refractivity contribution < 1.29 is 9.50 Å². The van der Waals surface area contributed by atoms with Crippen LogP contribution in [0.5, 0.6) is 0 Å². The van der Waals surface area contributed by atoms with Gasteiger partial charge in [-0.15, -0.1) is 0 Å². The maximum absolute atomic E-state index is 13.2. The lowest BCUT2D eigenvalue weighted by Gasteiger charge is -2.52. The minimum atomic E-state index is -0.823. The van der Waals surface area contributed by atoms with Crippen molar-refractivity contribution in [3.8, 4) is 0 Å². The van der Waals surface area contributed by atoms with E-state index >= 15 is 0 Å². The van der Waals surface area contributed by atoms with Gasteiger partial charge in [-0.05, 0) is 48.9 Å². The molecule has 0 amide bonds. The summed E-state index contributed by atoms with van der Waals surface area (Å²) in [7, 11) is 0. The lowest BCUT2D eigenvalue weighted by molar-refractivity contribution is -0.0999. The van der Waals surface area contributed by atoms with Crippen molar-refractivity contribution in [2.45, 2.75) is 56.3 Å². The zero-order valence-electron chi connectivity index (χ0n) is 13.9. The number of hydrogen-bond donors (Lipinski definition) is 1. The van der Waals surface area contributed by atoms with E-state index in [1.807, 2.05) is 6.07 Å². The number of benzene rings is 2. The van der Waals surface area contributed by atoms with Gasteiger partial charge in [-0.2, -0.15) is 0 Å². The maximum atomic E-state index is 13.2. The van der Waals surface area contributed by atoms with E-state index in [0.717, 1.165) is 37.8 Å². The first-order valence-corrected chi connectivity index (χ1v) is 8.92. The minimum Gasteiger partial charge on any atom is -0.385 e. The Morgan fingerprint density at radius 1 is 0.958 bits per heavy atom. The first kappa shape index (κ1) is 15.8. The average molecular weight is 325 g/mol. The van der Waals surface area contributed by atoms with Crippen molar-refractivity contribution in [2.75, 3.05) is 0 Å². The molecule has 2 aromatic carbocycles. The third-order valence-corrected chi connectivity index (χ3v) is 5.75. The van der Waals surface area contributed by atoms with Crippen LogP contribution in [0.4, 0.5) is 4.39 Å². The van der Waals surface area contributed by atoms with Crippen molar-refractivity contribution in [1.29, 1.82) is 0 Å². The normalized spacial score (nSPS) is 30.2. The quantitative estimate of drug-likeness (QED) is 0.913. The second-order valence-corrected chi connectivity index (χ2v) is 7.34. The fraction of sp³-hybridized carbons (Fsp3) is 0.429. The second-order valence-electron chi connectivity index (χ2n) is 7.34. The Bertz CT molecular complexity index is 671. The molecular weight excluding hydrogens is 301 g/mol. The summed E-state index contributed by atoms with van der Waals surface area (Å²) in [5, 5.41) is 11.3. The van der Waals surface area contributed by atoms with Crippen LogP contribution >= 0.6 is 0 Å². The van der Waals surface area contributed by atoms with Crippen molar-refractivity contribution >= 4 is 0 Å². The van der Waals surface area contributed by atoms with Gasteiger partial charge in [0.1, 0.15) is 5.82 Å².